The summed E-state index contributed by atoms with van der Waals surface area (Å²) in [5.74, 6) is 1.43. The van der Waals surface area contributed by atoms with Gasteiger partial charge in [0.25, 0.3) is 5.91 Å². The van der Waals surface area contributed by atoms with Crippen LogP contribution in [-0.2, 0) is 12.8 Å². The standard InChI is InChI=1S/C23H26N2O3/c1-24(23(26)18-8-9-21-22(13-18)28-15-27-21)19-7-4-10-25(14-19)20-11-16-5-2-3-6-17(16)12-20/h2-3,5-6,8-9,13,19-20H,4,7,10-12,14-15H2,1H3. The first kappa shape index (κ1) is 17.6. The van der Waals surface area contributed by atoms with E-state index in [1.165, 1.54) is 11.1 Å². The molecule has 2 aromatic carbocycles. The quantitative estimate of drug-likeness (QED) is 0.823. The van der Waals surface area contributed by atoms with Gasteiger partial charge < -0.3 is 14.4 Å². The zero-order valence-corrected chi connectivity index (χ0v) is 16.3. The molecule has 5 rings (SSSR count). The van der Waals surface area contributed by atoms with Crippen LogP contribution >= 0.6 is 0 Å². The third-order valence-electron chi connectivity index (χ3n) is 6.46. The number of piperidine rings is 1. The van der Waals surface area contributed by atoms with Gasteiger partial charge in [0.1, 0.15) is 0 Å². The fraction of sp³-hybridized carbons (Fsp3) is 0.435. The lowest BCUT2D eigenvalue weighted by atomic mass is 10.0. The van der Waals surface area contributed by atoms with E-state index in [1.807, 2.05) is 24.1 Å². The van der Waals surface area contributed by atoms with Crippen molar-refractivity contribution >= 4 is 5.91 Å². The average Bonchev–Trinajstić information content (AvgIpc) is 3.39. The van der Waals surface area contributed by atoms with Gasteiger partial charge in [-0.2, -0.15) is 0 Å². The van der Waals surface area contributed by atoms with Crippen molar-refractivity contribution in [3.8, 4) is 11.5 Å². The van der Waals surface area contributed by atoms with Crippen LogP contribution in [0.1, 0.15) is 34.3 Å². The van der Waals surface area contributed by atoms with E-state index >= 15 is 0 Å². The van der Waals surface area contributed by atoms with Gasteiger partial charge in [0.15, 0.2) is 11.5 Å². The maximum absolute atomic E-state index is 13.1. The molecule has 1 atom stereocenters. The number of rotatable bonds is 3. The maximum Gasteiger partial charge on any atom is 0.254 e. The number of hydrogen-bond donors (Lipinski definition) is 0. The molecule has 2 aliphatic heterocycles. The summed E-state index contributed by atoms with van der Waals surface area (Å²) >= 11 is 0. The van der Waals surface area contributed by atoms with E-state index in [9.17, 15) is 4.79 Å². The van der Waals surface area contributed by atoms with Crippen LogP contribution in [0.4, 0.5) is 0 Å². The smallest absolute Gasteiger partial charge is 0.254 e. The predicted octanol–water partition coefficient (Wildman–Crippen LogP) is 3.12. The summed E-state index contributed by atoms with van der Waals surface area (Å²) in [5, 5.41) is 0. The fourth-order valence-electron chi connectivity index (χ4n) is 4.82. The minimum absolute atomic E-state index is 0.0554. The zero-order chi connectivity index (χ0) is 19.1. The molecule has 0 saturated carbocycles. The van der Waals surface area contributed by atoms with E-state index in [0.29, 0.717) is 23.1 Å². The molecule has 0 radical (unpaired) electrons. The Morgan fingerprint density at radius 1 is 1.07 bits per heavy atom. The van der Waals surface area contributed by atoms with Crippen molar-refractivity contribution in [2.45, 2.75) is 37.8 Å². The highest BCUT2D eigenvalue weighted by molar-refractivity contribution is 5.95. The number of hydrogen-bond acceptors (Lipinski definition) is 4. The molecular weight excluding hydrogens is 352 g/mol. The Hall–Kier alpha value is -2.53. The summed E-state index contributed by atoms with van der Waals surface area (Å²) < 4.78 is 10.8. The SMILES string of the molecule is CN(C(=O)c1ccc2c(c1)OCO2)C1CCCN(C2Cc3ccccc3C2)C1. The van der Waals surface area contributed by atoms with Gasteiger partial charge in [0.2, 0.25) is 6.79 Å². The van der Waals surface area contributed by atoms with Gasteiger partial charge in [0.05, 0.1) is 0 Å². The van der Waals surface area contributed by atoms with Crippen LogP contribution in [0.25, 0.3) is 0 Å². The molecule has 1 saturated heterocycles. The molecule has 1 fully saturated rings. The fourth-order valence-corrected chi connectivity index (χ4v) is 4.82. The Bertz CT molecular complexity index is 872. The average molecular weight is 378 g/mol. The molecule has 0 N–H and O–H groups in total. The first-order valence-corrected chi connectivity index (χ1v) is 10.2. The van der Waals surface area contributed by atoms with Gasteiger partial charge in [0, 0.05) is 31.2 Å². The summed E-state index contributed by atoms with van der Waals surface area (Å²) in [6, 6.07) is 15.1. The summed E-state index contributed by atoms with van der Waals surface area (Å²) in [6.45, 7) is 2.30. The van der Waals surface area contributed by atoms with Crippen LogP contribution < -0.4 is 9.47 Å². The number of likely N-dealkylation sites (N-methyl/N-ethyl adjacent to an activating group) is 1. The molecule has 0 spiro atoms. The second-order valence-electron chi connectivity index (χ2n) is 8.11. The second-order valence-corrected chi connectivity index (χ2v) is 8.11. The van der Waals surface area contributed by atoms with E-state index in [0.717, 1.165) is 38.8 Å². The van der Waals surface area contributed by atoms with E-state index in [2.05, 4.69) is 29.2 Å². The van der Waals surface area contributed by atoms with Crippen molar-refractivity contribution in [1.29, 1.82) is 0 Å². The Kier molecular flexibility index (Phi) is 4.47. The molecule has 1 aliphatic carbocycles. The van der Waals surface area contributed by atoms with Gasteiger partial charge >= 0.3 is 0 Å². The summed E-state index contributed by atoms with van der Waals surface area (Å²) in [4.78, 5) is 17.6. The largest absolute Gasteiger partial charge is 0.454 e. The number of amides is 1. The minimum atomic E-state index is 0.0554. The number of carbonyl (C=O) groups is 1. The number of carbonyl (C=O) groups excluding carboxylic acids is 1. The number of ether oxygens (including phenoxy) is 2. The van der Waals surface area contributed by atoms with E-state index < -0.39 is 0 Å². The lowest BCUT2D eigenvalue weighted by Crippen LogP contribution is -2.51. The Balaban J connectivity index is 1.26. The highest BCUT2D eigenvalue weighted by atomic mass is 16.7. The van der Waals surface area contributed by atoms with Crippen LogP contribution in [-0.4, -0.2) is 54.7 Å². The van der Waals surface area contributed by atoms with Crippen molar-refractivity contribution in [1.82, 2.24) is 9.80 Å². The van der Waals surface area contributed by atoms with E-state index in [-0.39, 0.29) is 18.7 Å². The van der Waals surface area contributed by atoms with Crippen LogP contribution in [0, 0.1) is 0 Å². The molecule has 5 nitrogen and oxygen atoms in total. The van der Waals surface area contributed by atoms with Gasteiger partial charge in [-0.25, -0.2) is 0 Å². The highest BCUT2D eigenvalue weighted by Gasteiger charge is 2.33. The molecule has 3 aliphatic rings. The Morgan fingerprint density at radius 3 is 2.61 bits per heavy atom. The predicted molar refractivity (Wildman–Crippen MR) is 107 cm³/mol. The maximum atomic E-state index is 13.1. The third kappa shape index (κ3) is 3.14. The normalized spacial score (nSPS) is 21.5. The molecule has 28 heavy (non-hydrogen) atoms. The molecule has 2 aromatic rings. The highest BCUT2D eigenvalue weighted by Crippen LogP contribution is 2.33. The number of fused-ring (bicyclic) bond motifs is 2. The van der Waals surface area contributed by atoms with Gasteiger partial charge in [-0.15, -0.1) is 0 Å². The first-order chi connectivity index (χ1) is 13.7. The Labute approximate surface area is 165 Å². The third-order valence-corrected chi connectivity index (χ3v) is 6.46. The van der Waals surface area contributed by atoms with Crippen LogP contribution in [0.5, 0.6) is 11.5 Å². The lowest BCUT2D eigenvalue weighted by molar-refractivity contribution is 0.0555. The number of likely N-dealkylation sites (tertiary alicyclic amines) is 1. The van der Waals surface area contributed by atoms with Crippen molar-refractivity contribution in [2.75, 3.05) is 26.9 Å². The molecule has 1 unspecified atom stereocenters. The number of nitrogens with zero attached hydrogens (tertiary/aromatic N) is 2. The summed E-state index contributed by atoms with van der Waals surface area (Å²) in [5.41, 5.74) is 3.64. The van der Waals surface area contributed by atoms with Gasteiger partial charge in [-0.3, -0.25) is 9.69 Å². The molecule has 146 valence electrons. The lowest BCUT2D eigenvalue weighted by Gasteiger charge is -2.40. The van der Waals surface area contributed by atoms with E-state index in [1.54, 1.807) is 6.07 Å². The molecule has 5 heteroatoms. The topological polar surface area (TPSA) is 42.0 Å². The molecule has 2 heterocycles. The van der Waals surface area contributed by atoms with Crippen molar-refractivity contribution in [2.24, 2.45) is 0 Å². The van der Waals surface area contributed by atoms with Gasteiger partial charge in [-0.1, -0.05) is 24.3 Å². The van der Waals surface area contributed by atoms with Crippen molar-refractivity contribution < 1.29 is 14.3 Å². The van der Waals surface area contributed by atoms with Crippen molar-refractivity contribution in [3.63, 3.8) is 0 Å². The molecule has 0 bridgehead atoms. The van der Waals surface area contributed by atoms with Crippen molar-refractivity contribution in [3.05, 3.63) is 59.2 Å². The van der Waals surface area contributed by atoms with Gasteiger partial charge in [-0.05, 0) is 61.6 Å². The van der Waals surface area contributed by atoms with Crippen LogP contribution in [0.3, 0.4) is 0 Å². The second kappa shape index (κ2) is 7.13. The van der Waals surface area contributed by atoms with E-state index in [4.69, 9.17) is 9.47 Å². The minimum Gasteiger partial charge on any atom is -0.454 e. The molecule has 1 amide bonds. The molecule has 0 aromatic heterocycles. The Morgan fingerprint density at radius 2 is 1.82 bits per heavy atom. The summed E-state index contributed by atoms with van der Waals surface area (Å²) in [6.07, 6.45) is 4.45. The first-order valence-electron chi connectivity index (χ1n) is 10.2. The van der Waals surface area contributed by atoms with Crippen LogP contribution in [0.2, 0.25) is 0 Å². The molecular formula is C23H26N2O3. The zero-order valence-electron chi connectivity index (χ0n) is 16.3. The monoisotopic (exact) mass is 378 g/mol. The summed E-state index contributed by atoms with van der Waals surface area (Å²) in [7, 11) is 1.94. The number of benzene rings is 2. The van der Waals surface area contributed by atoms with Crippen LogP contribution in [0.15, 0.2) is 42.5 Å².